The van der Waals surface area contributed by atoms with E-state index in [1.807, 2.05) is 0 Å². The standard InChI is InChI=1S/C13H16ClN3O3S/c1-20-10-6-4-5-9(10)16-21(18,19)13-12(14)15-11-7-2-3-8-17(11)13/h2-3,7-10,16H,4-6H2,1H3. The minimum absolute atomic E-state index is 0.0264. The van der Waals surface area contributed by atoms with Crippen LogP contribution >= 0.6 is 11.6 Å². The smallest absolute Gasteiger partial charge is 0.260 e. The van der Waals surface area contributed by atoms with Gasteiger partial charge >= 0.3 is 0 Å². The Morgan fingerprint density at radius 2 is 2.24 bits per heavy atom. The molecule has 3 rings (SSSR count). The lowest BCUT2D eigenvalue weighted by Crippen LogP contribution is -2.41. The van der Waals surface area contributed by atoms with Crippen LogP contribution < -0.4 is 4.72 Å². The third kappa shape index (κ3) is 2.66. The number of sulfonamides is 1. The maximum absolute atomic E-state index is 12.6. The van der Waals surface area contributed by atoms with Crippen LogP contribution in [0.5, 0.6) is 0 Å². The number of methoxy groups -OCH3 is 1. The Morgan fingerprint density at radius 1 is 1.43 bits per heavy atom. The van der Waals surface area contributed by atoms with Gasteiger partial charge in [0.25, 0.3) is 10.0 Å². The number of halogens is 1. The van der Waals surface area contributed by atoms with Crippen LogP contribution in [-0.4, -0.2) is 37.1 Å². The molecule has 21 heavy (non-hydrogen) atoms. The number of aromatic nitrogens is 2. The third-order valence-corrected chi connectivity index (χ3v) is 5.65. The Hall–Kier alpha value is -1.15. The van der Waals surface area contributed by atoms with Gasteiger partial charge in [0.05, 0.1) is 6.10 Å². The molecule has 2 atom stereocenters. The molecule has 2 aromatic rings. The summed E-state index contributed by atoms with van der Waals surface area (Å²) < 4.78 is 34.8. The molecule has 1 aliphatic carbocycles. The molecule has 0 aliphatic heterocycles. The van der Waals surface area contributed by atoms with E-state index in [1.165, 1.54) is 4.40 Å². The number of imidazole rings is 1. The number of pyridine rings is 1. The monoisotopic (exact) mass is 329 g/mol. The van der Waals surface area contributed by atoms with E-state index in [2.05, 4.69) is 9.71 Å². The Bertz CT molecular complexity index is 759. The lowest BCUT2D eigenvalue weighted by atomic mass is 10.2. The predicted octanol–water partition coefficient (Wildman–Crippen LogP) is 1.83. The average Bonchev–Trinajstić information content (AvgIpc) is 3.00. The van der Waals surface area contributed by atoms with Crippen LogP contribution in [0.1, 0.15) is 19.3 Å². The van der Waals surface area contributed by atoms with Gasteiger partial charge in [-0.05, 0) is 31.4 Å². The molecule has 0 aromatic carbocycles. The van der Waals surface area contributed by atoms with Crippen LogP contribution in [0.2, 0.25) is 5.15 Å². The second kappa shape index (κ2) is 5.57. The number of nitrogens with zero attached hydrogens (tertiary/aromatic N) is 2. The lowest BCUT2D eigenvalue weighted by Gasteiger charge is -2.19. The van der Waals surface area contributed by atoms with E-state index < -0.39 is 10.0 Å². The van der Waals surface area contributed by atoms with Crippen molar-refractivity contribution in [1.29, 1.82) is 0 Å². The summed E-state index contributed by atoms with van der Waals surface area (Å²) >= 11 is 6.03. The first-order valence-corrected chi connectivity index (χ1v) is 8.57. The normalized spacial score (nSPS) is 23.0. The molecule has 2 heterocycles. The SMILES string of the molecule is COC1CCCC1NS(=O)(=O)c1c(Cl)nc2ccccn12. The van der Waals surface area contributed by atoms with Gasteiger partial charge in [0, 0.05) is 19.3 Å². The number of rotatable bonds is 4. The van der Waals surface area contributed by atoms with Gasteiger partial charge in [0.1, 0.15) is 5.65 Å². The zero-order chi connectivity index (χ0) is 15.0. The van der Waals surface area contributed by atoms with Crippen molar-refractivity contribution >= 4 is 27.3 Å². The molecule has 6 nitrogen and oxygen atoms in total. The maximum atomic E-state index is 12.6. The highest BCUT2D eigenvalue weighted by Crippen LogP contribution is 2.26. The molecule has 2 unspecified atom stereocenters. The van der Waals surface area contributed by atoms with Gasteiger partial charge in [-0.25, -0.2) is 18.1 Å². The molecule has 0 saturated heterocycles. The summed E-state index contributed by atoms with van der Waals surface area (Å²) in [6, 6.07) is 4.99. The fourth-order valence-electron chi connectivity index (χ4n) is 2.78. The molecule has 8 heteroatoms. The molecule has 1 N–H and O–H groups in total. The average molecular weight is 330 g/mol. The van der Waals surface area contributed by atoms with Crippen molar-refractivity contribution in [3.63, 3.8) is 0 Å². The summed E-state index contributed by atoms with van der Waals surface area (Å²) in [5, 5.41) is -0.0535. The third-order valence-electron chi connectivity index (χ3n) is 3.76. The molecule has 114 valence electrons. The van der Waals surface area contributed by atoms with Gasteiger partial charge in [-0.2, -0.15) is 0 Å². The van der Waals surface area contributed by atoms with Crippen LogP contribution in [0.25, 0.3) is 5.65 Å². The van der Waals surface area contributed by atoms with Crippen LogP contribution in [-0.2, 0) is 14.8 Å². The van der Waals surface area contributed by atoms with Gasteiger partial charge in [-0.3, -0.25) is 4.40 Å². The molecule has 1 saturated carbocycles. The second-order valence-electron chi connectivity index (χ2n) is 5.07. The summed E-state index contributed by atoms with van der Waals surface area (Å²) in [7, 11) is -2.17. The Morgan fingerprint density at radius 3 is 3.00 bits per heavy atom. The minimum Gasteiger partial charge on any atom is -0.380 e. The summed E-state index contributed by atoms with van der Waals surface area (Å²) in [6.45, 7) is 0. The van der Waals surface area contributed by atoms with Crippen molar-refractivity contribution in [2.45, 2.75) is 36.4 Å². The molecule has 1 fully saturated rings. The lowest BCUT2D eigenvalue weighted by molar-refractivity contribution is 0.0916. The van der Waals surface area contributed by atoms with E-state index in [0.29, 0.717) is 5.65 Å². The molecule has 0 bridgehead atoms. The fraction of sp³-hybridized carbons (Fsp3) is 0.462. The summed E-state index contributed by atoms with van der Waals surface area (Å²) in [4.78, 5) is 4.07. The highest BCUT2D eigenvalue weighted by Gasteiger charge is 2.33. The van der Waals surface area contributed by atoms with Crippen molar-refractivity contribution < 1.29 is 13.2 Å². The summed E-state index contributed by atoms with van der Waals surface area (Å²) in [6.07, 6.45) is 4.08. The van der Waals surface area contributed by atoms with E-state index in [9.17, 15) is 8.42 Å². The van der Waals surface area contributed by atoms with Gasteiger partial charge in [-0.15, -0.1) is 0 Å². The summed E-state index contributed by atoms with van der Waals surface area (Å²) in [5.41, 5.74) is 0.498. The number of ether oxygens (including phenoxy) is 1. The fourth-order valence-corrected chi connectivity index (χ4v) is 4.73. The summed E-state index contributed by atoms with van der Waals surface area (Å²) in [5.74, 6) is 0. The molecule has 2 aromatic heterocycles. The molecular formula is C13H16ClN3O3S. The molecule has 1 aliphatic rings. The molecule has 0 spiro atoms. The van der Waals surface area contributed by atoms with Crippen LogP contribution in [0, 0.1) is 0 Å². The highest BCUT2D eigenvalue weighted by molar-refractivity contribution is 7.89. The first-order chi connectivity index (χ1) is 10.0. The molecular weight excluding hydrogens is 314 g/mol. The maximum Gasteiger partial charge on any atom is 0.260 e. The first-order valence-electron chi connectivity index (χ1n) is 6.70. The Balaban J connectivity index is 1.99. The zero-order valence-corrected chi connectivity index (χ0v) is 13.1. The second-order valence-corrected chi connectivity index (χ2v) is 7.06. The largest absolute Gasteiger partial charge is 0.380 e. The highest BCUT2D eigenvalue weighted by atomic mass is 35.5. The number of fused-ring (bicyclic) bond motifs is 1. The van der Waals surface area contributed by atoms with Gasteiger partial charge in [-0.1, -0.05) is 17.7 Å². The van der Waals surface area contributed by atoms with Crippen molar-refractivity contribution in [3.8, 4) is 0 Å². The van der Waals surface area contributed by atoms with E-state index in [4.69, 9.17) is 16.3 Å². The van der Waals surface area contributed by atoms with Crippen molar-refractivity contribution in [2.75, 3.05) is 7.11 Å². The van der Waals surface area contributed by atoms with Gasteiger partial charge in [0.2, 0.25) is 0 Å². The number of hydrogen-bond donors (Lipinski definition) is 1. The van der Waals surface area contributed by atoms with E-state index in [1.54, 1.807) is 31.5 Å². The Kier molecular flexibility index (Phi) is 3.92. The minimum atomic E-state index is -3.76. The quantitative estimate of drug-likeness (QED) is 0.929. The van der Waals surface area contributed by atoms with Crippen LogP contribution in [0.15, 0.2) is 29.4 Å². The van der Waals surface area contributed by atoms with Crippen molar-refractivity contribution in [1.82, 2.24) is 14.1 Å². The van der Waals surface area contributed by atoms with E-state index in [0.717, 1.165) is 19.3 Å². The molecule has 0 radical (unpaired) electrons. The van der Waals surface area contributed by atoms with E-state index in [-0.39, 0.29) is 22.3 Å². The van der Waals surface area contributed by atoms with Gasteiger partial charge in [0.15, 0.2) is 10.2 Å². The topological polar surface area (TPSA) is 72.7 Å². The number of hydrogen-bond acceptors (Lipinski definition) is 4. The van der Waals surface area contributed by atoms with Crippen molar-refractivity contribution in [2.24, 2.45) is 0 Å². The van der Waals surface area contributed by atoms with Crippen molar-refractivity contribution in [3.05, 3.63) is 29.5 Å². The predicted molar refractivity (Wildman–Crippen MR) is 79.0 cm³/mol. The number of nitrogens with one attached hydrogen (secondary N) is 1. The van der Waals surface area contributed by atoms with Crippen LogP contribution in [0.4, 0.5) is 0 Å². The first kappa shape index (κ1) is 14.8. The van der Waals surface area contributed by atoms with Crippen LogP contribution in [0.3, 0.4) is 0 Å². The Labute approximate surface area is 128 Å². The zero-order valence-electron chi connectivity index (χ0n) is 11.5. The van der Waals surface area contributed by atoms with E-state index >= 15 is 0 Å². The molecule has 0 amide bonds. The van der Waals surface area contributed by atoms with Gasteiger partial charge < -0.3 is 4.74 Å².